The third-order valence-electron chi connectivity index (χ3n) is 3.14. The topological polar surface area (TPSA) is 38.3 Å². The Kier molecular flexibility index (Phi) is 5.23. The van der Waals surface area contributed by atoms with Crippen molar-refractivity contribution in [1.82, 2.24) is 0 Å². The van der Waals surface area contributed by atoms with Gasteiger partial charge in [-0.05, 0) is 49.2 Å². The van der Waals surface area contributed by atoms with E-state index in [-0.39, 0.29) is 5.91 Å². The first-order chi connectivity index (χ1) is 10.1. The minimum Gasteiger partial charge on any atom is -0.480 e. The van der Waals surface area contributed by atoms with E-state index in [1.807, 2.05) is 38.1 Å². The lowest BCUT2D eigenvalue weighted by Crippen LogP contribution is -2.32. The largest absolute Gasteiger partial charge is 0.480 e. The van der Waals surface area contributed by atoms with Crippen molar-refractivity contribution in [3.8, 4) is 5.75 Å². The molecule has 0 aliphatic rings. The van der Waals surface area contributed by atoms with Gasteiger partial charge in [0.15, 0.2) is 6.10 Å². The van der Waals surface area contributed by atoms with Crippen LogP contribution < -0.4 is 10.1 Å². The number of carbonyl (C=O) groups is 1. The van der Waals surface area contributed by atoms with Crippen LogP contribution in [0, 0.1) is 6.92 Å². The predicted molar refractivity (Wildman–Crippen MR) is 86.0 cm³/mol. The molecule has 3 nitrogen and oxygen atoms in total. The fraction of sp³-hybridized carbons (Fsp3) is 0.235. The first kappa shape index (κ1) is 15.4. The van der Waals surface area contributed by atoms with Gasteiger partial charge in [0.25, 0.3) is 5.91 Å². The Balaban J connectivity index is 2.05. The van der Waals surface area contributed by atoms with Gasteiger partial charge >= 0.3 is 0 Å². The number of anilines is 1. The summed E-state index contributed by atoms with van der Waals surface area (Å²) in [4.78, 5) is 12.3. The molecule has 0 fully saturated rings. The summed E-state index contributed by atoms with van der Waals surface area (Å²) in [5.74, 6) is 0.568. The zero-order chi connectivity index (χ0) is 15.2. The maximum absolute atomic E-state index is 12.3. The van der Waals surface area contributed by atoms with Crippen molar-refractivity contribution < 1.29 is 9.53 Å². The Labute approximate surface area is 129 Å². The molecule has 2 rings (SSSR count). The van der Waals surface area contributed by atoms with Crippen molar-refractivity contribution in [2.75, 3.05) is 5.32 Å². The summed E-state index contributed by atoms with van der Waals surface area (Å²) in [5, 5.41) is 3.47. The van der Waals surface area contributed by atoms with E-state index in [4.69, 9.17) is 16.3 Å². The SMILES string of the molecule is CC[C@@H](Oc1ccccc1C)C(=O)Nc1ccc(Cl)cc1. The average molecular weight is 304 g/mol. The Morgan fingerprint density at radius 3 is 2.48 bits per heavy atom. The van der Waals surface area contributed by atoms with Crippen LogP contribution in [0.5, 0.6) is 5.75 Å². The second-order valence-corrected chi connectivity index (χ2v) is 5.21. The molecule has 0 unspecified atom stereocenters. The molecule has 21 heavy (non-hydrogen) atoms. The van der Waals surface area contributed by atoms with Crippen LogP contribution in [-0.4, -0.2) is 12.0 Å². The number of halogens is 1. The Hall–Kier alpha value is -2.00. The van der Waals surface area contributed by atoms with E-state index >= 15 is 0 Å². The average Bonchev–Trinajstić information content (AvgIpc) is 2.48. The maximum atomic E-state index is 12.3. The predicted octanol–water partition coefficient (Wildman–Crippen LogP) is 4.44. The molecule has 0 heterocycles. The lowest BCUT2D eigenvalue weighted by Gasteiger charge is -2.18. The van der Waals surface area contributed by atoms with Crippen molar-refractivity contribution in [1.29, 1.82) is 0 Å². The molecule has 0 radical (unpaired) electrons. The zero-order valence-electron chi connectivity index (χ0n) is 12.1. The monoisotopic (exact) mass is 303 g/mol. The van der Waals surface area contributed by atoms with Crippen LogP contribution >= 0.6 is 11.6 Å². The van der Waals surface area contributed by atoms with Gasteiger partial charge in [-0.2, -0.15) is 0 Å². The molecule has 4 heteroatoms. The van der Waals surface area contributed by atoms with Crippen LogP contribution in [0.15, 0.2) is 48.5 Å². The number of benzene rings is 2. The Bertz CT molecular complexity index is 610. The molecule has 110 valence electrons. The van der Waals surface area contributed by atoms with E-state index in [0.29, 0.717) is 17.1 Å². The van der Waals surface area contributed by atoms with Gasteiger partial charge in [0, 0.05) is 10.7 Å². The number of para-hydroxylation sites is 1. The minimum atomic E-state index is -0.526. The third kappa shape index (κ3) is 4.23. The van der Waals surface area contributed by atoms with Crippen LogP contribution in [0.25, 0.3) is 0 Å². The van der Waals surface area contributed by atoms with Gasteiger partial charge in [0.2, 0.25) is 0 Å². The molecule has 1 N–H and O–H groups in total. The molecule has 0 aromatic heterocycles. The molecule has 0 bridgehead atoms. The molecular formula is C17H18ClNO2. The summed E-state index contributed by atoms with van der Waals surface area (Å²) in [6.45, 7) is 3.88. The van der Waals surface area contributed by atoms with Crippen LogP contribution in [0.1, 0.15) is 18.9 Å². The smallest absolute Gasteiger partial charge is 0.265 e. The number of rotatable bonds is 5. The molecule has 2 aromatic rings. The quantitative estimate of drug-likeness (QED) is 0.886. The van der Waals surface area contributed by atoms with Crippen molar-refractivity contribution in [3.05, 3.63) is 59.1 Å². The summed E-state index contributed by atoms with van der Waals surface area (Å²) >= 11 is 5.83. The van der Waals surface area contributed by atoms with E-state index in [1.54, 1.807) is 24.3 Å². The molecule has 1 atom stereocenters. The molecule has 0 aliphatic heterocycles. The lowest BCUT2D eigenvalue weighted by molar-refractivity contribution is -0.122. The van der Waals surface area contributed by atoms with E-state index in [9.17, 15) is 4.79 Å². The van der Waals surface area contributed by atoms with Crippen molar-refractivity contribution in [3.63, 3.8) is 0 Å². The van der Waals surface area contributed by atoms with Gasteiger partial charge < -0.3 is 10.1 Å². The summed E-state index contributed by atoms with van der Waals surface area (Å²) in [5.41, 5.74) is 1.71. The standard InChI is InChI=1S/C17H18ClNO2/c1-3-15(21-16-7-5-4-6-12(16)2)17(20)19-14-10-8-13(18)9-11-14/h4-11,15H,3H2,1-2H3,(H,19,20)/t15-/m1/s1. The van der Waals surface area contributed by atoms with Crippen LogP contribution in [0.2, 0.25) is 5.02 Å². The second kappa shape index (κ2) is 7.14. The number of ether oxygens (including phenoxy) is 1. The number of carbonyl (C=O) groups excluding carboxylic acids is 1. The second-order valence-electron chi connectivity index (χ2n) is 4.78. The Morgan fingerprint density at radius 2 is 1.86 bits per heavy atom. The van der Waals surface area contributed by atoms with E-state index < -0.39 is 6.10 Å². The van der Waals surface area contributed by atoms with Gasteiger partial charge in [0.1, 0.15) is 5.75 Å². The highest BCUT2D eigenvalue weighted by Gasteiger charge is 2.19. The van der Waals surface area contributed by atoms with Crippen LogP contribution in [0.3, 0.4) is 0 Å². The zero-order valence-corrected chi connectivity index (χ0v) is 12.9. The molecule has 0 saturated carbocycles. The molecule has 0 spiro atoms. The number of nitrogens with one attached hydrogen (secondary N) is 1. The van der Waals surface area contributed by atoms with Crippen LogP contribution in [0.4, 0.5) is 5.69 Å². The van der Waals surface area contributed by atoms with Crippen LogP contribution in [-0.2, 0) is 4.79 Å². The van der Waals surface area contributed by atoms with Crippen molar-refractivity contribution >= 4 is 23.2 Å². The van der Waals surface area contributed by atoms with Gasteiger partial charge in [-0.25, -0.2) is 0 Å². The Morgan fingerprint density at radius 1 is 1.19 bits per heavy atom. The molecular weight excluding hydrogens is 286 g/mol. The summed E-state index contributed by atoms with van der Waals surface area (Å²) in [6.07, 6.45) is 0.0649. The normalized spacial score (nSPS) is 11.8. The first-order valence-electron chi connectivity index (χ1n) is 6.89. The van der Waals surface area contributed by atoms with Gasteiger partial charge in [0.05, 0.1) is 0 Å². The third-order valence-corrected chi connectivity index (χ3v) is 3.39. The highest BCUT2D eigenvalue weighted by atomic mass is 35.5. The fourth-order valence-corrected chi connectivity index (χ4v) is 2.05. The van der Waals surface area contributed by atoms with Crippen molar-refractivity contribution in [2.24, 2.45) is 0 Å². The summed E-state index contributed by atoms with van der Waals surface area (Å²) in [6, 6.07) is 14.7. The van der Waals surface area contributed by atoms with Crippen molar-refractivity contribution in [2.45, 2.75) is 26.4 Å². The number of amides is 1. The van der Waals surface area contributed by atoms with E-state index in [2.05, 4.69) is 5.32 Å². The van der Waals surface area contributed by atoms with E-state index in [1.165, 1.54) is 0 Å². The van der Waals surface area contributed by atoms with Gasteiger partial charge in [-0.15, -0.1) is 0 Å². The molecule has 0 saturated heterocycles. The maximum Gasteiger partial charge on any atom is 0.265 e. The van der Waals surface area contributed by atoms with Gasteiger partial charge in [-0.3, -0.25) is 4.79 Å². The highest BCUT2D eigenvalue weighted by Crippen LogP contribution is 2.20. The lowest BCUT2D eigenvalue weighted by atomic mass is 10.2. The summed E-state index contributed by atoms with van der Waals surface area (Å²) in [7, 11) is 0. The minimum absolute atomic E-state index is 0.164. The highest BCUT2D eigenvalue weighted by molar-refractivity contribution is 6.30. The summed E-state index contributed by atoms with van der Waals surface area (Å²) < 4.78 is 5.81. The molecule has 2 aromatic carbocycles. The molecule has 0 aliphatic carbocycles. The fourth-order valence-electron chi connectivity index (χ4n) is 1.92. The van der Waals surface area contributed by atoms with E-state index in [0.717, 1.165) is 11.3 Å². The first-order valence-corrected chi connectivity index (χ1v) is 7.26. The number of aryl methyl sites for hydroxylation is 1. The molecule has 1 amide bonds. The number of hydrogen-bond donors (Lipinski definition) is 1. The number of hydrogen-bond acceptors (Lipinski definition) is 2. The van der Waals surface area contributed by atoms with Gasteiger partial charge in [-0.1, -0.05) is 36.7 Å².